The Bertz CT molecular complexity index is 102. The van der Waals surface area contributed by atoms with Crippen LogP contribution in [0, 0.1) is 5.92 Å². The van der Waals surface area contributed by atoms with E-state index in [0.29, 0.717) is 12.3 Å². The van der Waals surface area contributed by atoms with Gasteiger partial charge in [-0.05, 0) is 12.3 Å². The fraction of sp³-hybridized carbons (Fsp3) is 0.875. The van der Waals surface area contributed by atoms with Gasteiger partial charge in [0.15, 0.2) is 0 Å². The third-order valence-electron chi connectivity index (χ3n) is 1.42. The van der Waals surface area contributed by atoms with Crippen molar-refractivity contribution in [3.8, 4) is 0 Å². The molecule has 0 rings (SSSR count). The Balaban J connectivity index is 0. The van der Waals surface area contributed by atoms with E-state index >= 15 is 0 Å². The van der Waals surface area contributed by atoms with Gasteiger partial charge < -0.3 is 5.11 Å². The molecule has 3 heteroatoms. The molecule has 0 bridgehead atoms. The summed E-state index contributed by atoms with van der Waals surface area (Å²) in [5.41, 5.74) is 0. The van der Waals surface area contributed by atoms with E-state index in [0.717, 1.165) is 19.3 Å². The number of rotatable bonds is 5. The van der Waals surface area contributed by atoms with Crippen molar-refractivity contribution >= 4 is 5.97 Å². The monoisotopic (exact) mass is 192 g/mol. The van der Waals surface area contributed by atoms with E-state index in [9.17, 15) is 4.79 Å². The predicted octanol–water partition coefficient (Wildman–Crippen LogP) is 2.28. The Morgan fingerprint density at radius 1 is 1.36 bits per heavy atom. The van der Waals surface area contributed by atoms with E-state index < -0.39 is 5.97 Å². The third kappa shape index (κ3) is 13.2. The zero-order chi connectivity index (χ0) is 7.98. The number of carbonyl (C=O) groups is 1. The molecule has 0 spiro atoms. The largest absolute Gasteiger partial charge is 0.481 e. The summed E-state index contributed by atoms with van der Waals surface area (Å²) < 4.78 is 0. The van der Waals surface area contributed by atoms with Crippen LogP contribution in [0.2, 0.25) is 0 Å². The molecule has 0 unspecified atom stereocenters. The molecule has 0 amide bonds. The molecule has 0 aliphatic rings. The van der Waals surface area contributed by atoms with Crippen LogP contribution in [0.4, 0.5) is 0 Å². The van der Waals surface area contributed by atoms with Crippen molar-refractivity contribution in [3.63, 3.8) is 0 Å². The molecule has 0 fully saturated rings. The molecule has 0 heterocycles. The summed E-state index contributed by atoms with van der Waals surface area (Å²) >= 11 is 0. The Hall–Kier alpha value is 0.184. The summed E-state index contributed by atoms with van der Waals surface area (Å²) in [6.07, 6.45) is 3.34. The van der Waals surface area contributed by atoms with Gasteiger partial charge in [0.25, 0.3) is 0 Å². The van der Waals surface area contributed by atoms with E-state index in [2.05, 4.69) is 13.8 Å². The minimum Gasteiger partial charge on any atom is -0.481 e. The van der Waals surface area contributed by atoms with Crippen LogP contribution in [0.5, 0.6) is 0 Å². The van der Waals surface area contributed by atoms with Crippen molar-refractivity contribution in [2.75, 3.05) is 0 Å². The number of hydrogen-bond acceptors (Lipinski definition) is 1. The van der Waals surface area contributed by atoms with Gasteiger partial charge in [-0.1, -0.05) is 26.7 Å². The molecule has 0 aliphatic carbocycles. The van der Waals surface area contributed by atoms with Crippen molar-refractivity contribution in [1.82, 2.24) is 0 Å². The van der Waals surface area contributed by atoms with E-state index in [-0.39, 0.29) is 21.7 Å². The molecule has 0 aromatic carbocycles. The summed E-state index contributed by atoms with van der Waals surface area (Å²) in [6.45, 7) is 4.31. The Labute approximate surface area is 83.3 Å². The fourth-order valence-electron chi connectivity index (χ4n) is 0.829. The Morgan fingerprint density at radius 3 is 2.27 bits per heavy atom. The first-order valence-electron chi connectivity index (χ1n) is 3.84. The van der Waals surface area contributed by atoms with Gasteiger partial charge >= 0.3 is 5.97 Å². The summed E-state index contributed by atoms with van der Waals surface area (Å²) in [6, 6.07) is 0. The van der Waals surface area contributed by atoms with Gasteiger partial charge in [-0.15, -0.1) is 0 Å². The van der Waals surface area contributed by atoms with Gasteiger partial charge in [-0.2, -0.15) is 0 Å². The molecule has 0 aromatic heterocycles. The first-order valence-corrected chi connectivity index (χ1v) is 3.84. The Morgan fingerprint density at radius 2 is 1.91 bits per heavy atom. The summed E-state index contributed by atoms with van der Waals surface area (Å²) in [4.78, 5) is 10.0. The van der Waals surface area contributed by atoms with Crippen molar-refractivity contribution in [2.24, 2.45) is 5.92 Å². The van der Waals surface area contributed by atoms with Crippen molar-refractivity contribution in [1.29, 1.82) is 0 Å². The molecule has 0 aromatic rings. The normalized spacial score (nSPS) is 9.36. The van der Waals surface area contributed by atoms with Crippen molar-refractivity contribution in [3.05, 3.63) is 0 Å². The molecular formula is C8H16O2Ti. The van der Waals surface area contributed by atoms with E-state index in [1.54, 1.807) is 0 Å². The molecule has 0 radical (unpaired) electrons. The van der Waals surface area contributed by atoms with Crippen LogP contribution in [0.3, 0.4) is 0 Å². The standard InChI is InChI=1S/C8H16O2.Ti/c1-7(2)5-3-4-6-8(9)10;/h7H,3-6H2,1-2H3,(H,9,10);. The minimum atomic E-state index is -0.677. The third-order valence-corrected chi connectivity index (χ3v) is 1.42. The molecule has 1 N–H and O–H groups in total. The molecule has 0 saturated carbocycles. The summed E-state index contributed by atoms with van der Waals surface area (Å²) in [5.74, 6) is 0.0255. The van der Waals surface area contributed by atoms with Crippen LogP contribution in [0.25, 0.3) is 0 Å². The Kier molecular flexibility index (Phi) is 10.4. The van der Waals surface area contributed by atoms with Crippen LogP contribution >= 0.6 is 0 Å². The fourth-order valence-corrected chi connectivity index (χ4v) is 0.829. The SMILES string of the molecule is CC(C)CCCCC(=O)O.[Ti]. The number of carboxylic acids is 1. The van der Waals surface area contributed by atoms with Crippen LogP contribution in [0.1, 0.15) is 39.5 Å². The molecule has 11 heavy (non-hydrogen) atoms. The molecule has 64 valence electrons. The predicted molar refractivity (Wildman–Crippen MR) is 40.9 cm³/mol. The zero-order valence-electron chi connectivity index (χ0n) is 7.26. The zero-order valence-corrected chi connectivity index (χ0v) is 8.82. The number of carboxylic acid groups (broad SMARTS) is 1. The van der Waals surface area contributed by atoms with E-state index in [1.807, 2.05) is 0 Å². The van der Waals surface area contributed by atoms with Gasteiger partial charge in [-0.25, -0.2) is 0 Å². The number of aliphatic carboxylic acids is 1. The maximum atomic E-state index is 10.0. The number of unbranched alkanes of at least 4 members (excludes halogenated alkanes) is 1. The minimum absolute atomic E-state index is 0. The first kappa shape index (κ1) is 13.8. The number of hydrogen-bond donors (Lipinski definition) is 1. The van der Waals surface area contributed by atoms with Gasteiger partial charge in [0, 0.05) is 28.1 Å². The van der Waals surface area contributed by atoms with Crippen molar-refractivity contribution < 1.29 is 31.6 Å². The summed E-state index contributed by atoms with van der Waals surface area (Å²) in [5, 5.41) is 8.28. The van der Waals surface area contributed by atoms with E-state index in [4.69, 9.17) is 5.11 Å². The van der Waals surface area contributed by atoms with Gasteiger partial charge in [0.1, 0.15) is 0 Å². The van der Waals surface area contributed by atoms with Crippen molar-refractivity contribution in [2.45, 2.75) is 39.5 Å². The van der Waals surface area contributed by atoms with Gasteiger partial charge in [-0.3, -0.25) is 4.79 Å². The average Bonchev–Trinajstić information content (AvgIpc) is 1.79. The first-order chi connectivity index (χ1) is 4.63. The van der Waals surface area contributed by atoms with Crippen LogP contribution in [-0.4, -0.2) is 11.1 Å². The maximum Gasteiger partial charge on any atom is 0.303 e. The second-order valence-corrected chi connectivity index (χ2v) is 3.03. The molecule has 0 saturated heterocycles. The molecular weight excluding hydrogens is 176 g/mol. The second-order valence-electron chi connectivity index (χ2n) is 3.03. The quantitative estimate of drug-likeness (QED) is 0.535. The molecule has 0 aliphatic heterocycles. The summed E-state index contributed by atoms with van der Waals surface area (Å²) in [7, 11) is 0. The second kappa shape index (κ2) is 8.28. The van der Waals surface area contributed by atoms with Gasteiger partial charge in [0.05, 0.1) is 0 Å². The van der Waals surface area contributed by atoms with Gasteiger partial charge in [0.2, 0.25) is 0 Å². The van der Waals surface area contributed by atoms with Crippen LogP contribution < -0.4 is 0 Å². The average molecular weight is 192 g/mol. The maximum absolute atomic E-state index is 10.0. The molecule has 2 nitrogen and oxygen atoms in total. The van der Waals surface area contributed by atoms with Crippen LogP contribution in [0.15, 0.2) is 0 Å². The topological polar surface area (TPSA) is 37.3 Å². The smallest absolute Gasteiger partial charge is 0.303 e. The van der Waals surface area contributed by atoms with Crippen LogP contribution in [-0.2, 0) is 26.5 Å². The molecule has 0 atom stereocenters. The van der Waals surface area contributed by atoms with E-state index in [1.165, 1.54) is 0 Å².